The van der Waals surface area contributed by atoms with E-state index in [1.165, 1.54) is 27.8 Å². The van der Waals surface area contributed by atoms with Crippen molar-refractivity contribution in [3.63, 3.8) is 0 Å². The van der Waals surface area contributed by atoms with Crippen LogP contribution in [0, 0.1) is 6.92 Å². The van der Waals surface area contributed by atoms with Crippen molar-refractivity contribution in [1.82, 2.24) is 0 Å². The molecule has 0 bridgehead atoms. The van der Waals surface area contributed by atoms with Gasteiger partial charge in [0.1, 0.15) is 0 Å². The minimum absolute atomic E-state index is 0.558. The third kappa shape index (κ3) is 3.50. The van der Waals surface area contributed by atoms with Gasteiger partial charge in [-0.3, -0.25) is 0 Å². The molecule has 0 unspecified atom stereocenters. The Labute approximate surface area is 143 Å². The predicted molar refractivity (Wildman–Crippen MR) is 101 cm³/mol. The molecule has 0 amide bonds. The van der Waals surface area contributed by atoms with Crippen LogP contribution in [0.1, 0.15) is 35.6 Å². The smallest absolute Gasteiger partial charge is 0.0981 e. The zero-order chi connectivity index (χ0) is 16.9. The topological polar surface area (TPSA) is 39.2 Å². The lowest BCUT2D eigenvalue weighted by atomic mass is 9.93. The molecule has 2 aromatic carbocycles. The van der Waals surface area contributed by atoms with Gasteiger partial charge in [0.15, 0.2) is 0 Å². The summed E-state index contributed by atoms with van der Waals surface area (Å²) in [6.07, 6.45) is 6.75. The van der Waals surface area contributed by atoms with Gasteiger partial charge in [0.25, 0.3) is 0 Å². The summed E-state index contributed by atoms with van der Waals surface area (Å²) in [5, 5.41) is 0. The SMILES string of the molecule is CCC=C(c1ccoc1)c1cc(C)cc(-c2cccc(CN)c2)c1. The minimum atomic E-state index is 0.558. The Morgan fingerprint density at radius 1 is 1.04 bits per heavy atom. The summed E-state index contributed by atoms with van der Waals surface area (Å²) in [6, 6.07) is 17.1. The maximum absolute atomic E-state index is 5.79. The van der Waals surface area contributed by atoms with Gasteiger partial charge < -0.3 is 10.2 Å². The summed E-state index contributed by atoms with van der Waals surface area (Å²) in [7, 11) is 0. The van der Waals surface area contributed by atoms with E-state index in [1.54, 1.807) is 12.5 Å². The van der Waals surface area contributed by atoms with Gasteiger partial charge in [-0.15, -0.1) is 0 Å². The van der Waals surface area contributed by atoms with Crippen LogP contribution in [0.3, 0.4) is 0 Å². The summed E-state index contributed by atoms with van der Waals surface area (Å²) in [5.41, 5.74) is 14.1. The van der Waals surface area contributed by atoms with Crippen molar-refractivity contribution in [2.75, 3.05) is 0 Å². The average Bonchev–Trinajstić information content (AvgIpc) is 3.13. The summed E-state index contributed by atoms with van der Waals surface area (Å²) in [4.78, 5) is 0. The van der Waals surface area contributed by atoms with Crippen molar-refractivity contribution in [3.8, 4) is 11.1 Å². The number of furan rings is 1. The summed E-state index contributed by atoms with van der Waals surface area (Å²) in [5.74, 6) is 0. The van der Waals surface area contributed by atoms with Gasteiger partial charge in [0, 0.05) is 12.1 Å². The fourth-order valence-corrected chi connectivity index (χ4v) is 3.01. The van der Waals surface area contributed by atoms with Gasteiger partial charge in [0.2, 0.25) is 0 Å². The largest absolute Gasteiger partial charge is 0.472 e. The molecule has 0 saturated heterocycles. The number of hydrogen-bond acceptors (Lipinski definition) is 2. The monoisotopic (exact) mass is 317 g/mol. The fraction of sp³-hybridized carbons (Fsp3) is 0.182. The van der Waals surface area contributed by atoms with Crippen molar-refractivity contribution in [2.24, 2.45) is 5.73 Å². The molecule has 0 saturated carbocycles. The second kappa shape index (κ2) is 7.33. The molecule has 24 heavy (non-hydrogen) atoms. The highest BCUT2D eigenvalue weighted by atomic mass is 16.3. The number of rotatable bonds is 5. The quantitative estimate of drug-likeness (QED) is 0.669. The first-order valence-electron chi connectivity index (χ1n) is 8.35. The van der Waals surface area contributed by atoms with E-state index in [-0.39, 0.29) is 0 Å². The van der Waals surface area contributed by atoms with E-state index >= 15 is 0 Å². The van der Waals surface area contributed by atoms with E-state index < -0.39 is 0 Å². The first-order valence-corrected chi connectivity index (χ1v) is 8.35. The average molecular weight is 317 g/mol. The zero-order valence-electron chi connectivity index (χ0n) is 14.3. The highest BCUT2D eigenvalue weighted by Gasteiger charge is 2.09. The van der Waals surface area contributed by atoms with Crippen molar-refractivity contribution < 1.29 is 4.42 Å². The number of nitrogens with two attached hydrogens (primary N) is 1. The Balaban J connectivity index is 2.10. The van der Waals surface area contributed by atoms with E-state index in [1.807, 2.05) is 6.07 Å². The van der Waals surface area contributed by atoms with Crippen LogP contribution < -0.4 is 5.73 Å². The molecular formula is C22H23NO. The molecule has 122 valence electrons. The molecule has 0 aliphatic heterocycles. The van der Waals surface area contributed by atoms with Crippen LogP contribution in [0.2, 0.25) is 0 Å². The third-order valence-corrected chi connectivity index (χ3v) is 4.12. The first kappa shape index (κ1) is 16.3. The second-order valence-electron chi connectivity index (χ2n) is 6.03. The van der Waals surface area contributed by atoms with E-state index in [4.69, 9.17) is 10.2 Å². The molecule has 1 heterocycles. The molecular weight excluding hydrogens is 294 g/mol. The van der Waals surface area contributed by atoms with Crippen molar-refractivity contribution in [2.45, 2.75) is 26.8 Å². The predicted octanol–water partition coefficient (Wildman–Crippen LogP) is 5.56. The van der Waals surface area contributed by atoms with Gasteiger partial charge in [-0.05, 0) is 64.9 Å². The number of allylic oxidation sites excluding steroid dienone is 1. The van der Waals surface area contributed by atoms with Crippen LogP contribution in [0.25, 0.3) is 16.7 Å². The van der Waals surface area contributed by atoms with Crippen molar-refractivity contribution >= 4 is 5.57 Å². The Morgan fingerprint density at radius 3 is 2.62 bits per heavy atom. The Hall–Kier alpha value is -2.58. The molecule has 0 spiro atoms. The van der Waals surface area contributed by atoms with E-state index in [0.29, 0.717) is 6.54 Å². The molecule has 0 fully saturated rings. The van der Waals surface area contributed by atoms with E-state index in [2.05, 4.69) is 62.4 Å². The molecule has 1 aromatic heterocycles. The molecule has 0 atom stereocenters. The second-order valence-corrected chi connectivity index (χ2v) is 6.03. The molecule has 3 aromatic rings. The van der Waals surface area contributed by atoms with E-state index in [9.17, 15) is 0 Å². The van der Waals surface area contributed by atoms with Gasteiger partial charge in [-0.25, -0.2) is 0 Å². The minimum Gasteiger partial charge on any atom is -0.472 e. The van der Waals surface area contributed by atoms with E-state index in [0.717, 1.165) is 17.5 Å². The van der Waals surface area contributed by atoms with Gasteiger partial charge in [0.05, 0.1) is 12.5 Å². The van der Waals surface area contributed by atoms with Crippen LogP contribution in [0.5, 0.6) is 0 Å². The Morgan fingerprint density at radius 2 is 1.92 bits per heavy atom. The standard InChI is InChI=1S/C22H23NO/c1-3-5-22(19-8-9-24-15-19)21-11-16(2)10-20(13-21)18-7-4-6-17(12-18)14-23/h4-13,15H,3,14,23H2,1-2H3. The fourth-order valence-electron chi connectivity index (χ4n) is 3.01. The summed E-state index contributed by atoms with van der Waals surface area (Å²) in [6.45, 7) is 4.85. The maximum atomic E-state index is 5.79. The zero-order valence-corrected chi connectivity index (χ0v) is 14.3. The van der Waals surface area contributed by atoms with Crippen molar-refractivity contribution in [3.05, 3.63) is 89.4 Å². The lowest BCUT2D eigenvalue weighted by molar-refractivity contribution is 0.566. The first-order chi connectivity index (χ1) is 11.7. The normalized spacial score (nSPS) is 11.7. The van der Waals surface area contributed by atoms with Crippen LogP contribution >= 0.6 is 0 Å². The van der Waals surface area contributed by atoms with Crippen molar-refractivity contribution in [1.29, 1.82) is 0 Å². The third-order valence-electron chi connectivity index (χ3n) is 4.12. The molecule has 0 radical (unpaired) electrons. The number of benzene rings is 2. The summed E-state index contributed by atoms with van der Waals surface area (Å²) >= 11 is 0. The molecule has 0 aliphatic carbocycles. The molecule has 2 nitrogen and oxygen atoms in total. The lowest BCUT2D eigenvalue weighted by Crippen LogP contribution is -1.96. The van der Waals surface area contributed by atoms with Crippen LogP contribution in [-0.4, -0.2) is 0 Å². The lowest BCUT2D eigenvalue weighted by Gasteiger charge is -2.11. The maximum Gasteiger partial charge on any atom is 0.0981 e. The highest BCUT2D eigenvalue weighted by molar-refractivity contribution is 5.82. The van der Waals surface area contributed by atoms with Crippen LogP contribution in [0.4, 0.5) is 0 Å². The number of aryl methyl sites for hydroxylation is 1. The summed E-state index contributed by atoms with van der Waals surface area (Å²) < 4.78 is 5.28. The van der Waals surface area contributed by atoms with Gasteiger partial charge >= 0.3 is 0 Å². The Bertz CT molecular complexity index is 844. The van der Waals surface area contributed by atoms with Crippen LogP contribution in [-0.2, 0) is 6.54 Å². The molecule has 2 N–H and O–H groups in total. The Kier molecular flexibility index (Phi) is 4.97. The molecule has 3 rings (SSSR count). The van der Waals surface area contributed by atoms with Crippen LogP contribution in [0.15, 0.2) is 71.6 Å². The highest BCUT2D eigenvalue weighted by Crippen LogP contribution is 2.30. The molecule has 0 aliphatic rings. The number of hydrogen-bond donors (Lipinski definition) is 1. The van der Waals surface area contributed by atoms with Gasteiger partial charge in [-0.1, -0.05) is 43.3 Å². The van der Waals surface area contributed by atoms with Gasteiger partial charge in [-0.2, -0.15) is 0 Å². The molecule has 2 heteroatoms.